The molecule has 1 amide bonds. The van der Waals surface area contributed by atoms with Crippen LogP contribution in [-0.4, -0.2) is 15.8 Å². The van der Waals surface area contributed by atoms with Crippen LogP contribution in [0.2, 0.25) is 5.02 Å². The third kappa shape index (κ3) is 3.72. The van der Waals surface area contributed by atoms with Crippen molar-refractivity contribution in [3.63, 3.8) is 0 Å². The van der Waals surface area contributed by atoms with Gasteiger partial charge >= 0.3 is 5.88 Å². The molecule has 7 nitrogen and oxygen atoms in total. The van der Waals surface area contributed by atoms with Crippen molar-refractivity contribution < 1.29 is 14.1 Å². The number of fused-ring (bicyclic) bond motifs is 1. The highest BCUT2D eigenvalue weighted by Gasteiger charge is 2.26. The molecule has 2 heterocycles. The SMILES string of the molecule is Cc1c(Cl)ccc2sc(N(Cc3ccccc3)C(=O)c3ccc([N+](=O)[O-])o3)nc12. The van der Waals surface area contributed by atoms with Gasteiger partial charge in [0.25, 0.3) is 5.91 Å². The lowest BCUT2D eigenvalue weighted by atomic mass is 10.2. The maximum atomic E-state index is 13.2. The summed E-state index contributed by atoms with van der Waals surface area (Å²) in [7, 11) is 0. The highest BCUT2D eigenvalue weighted by atomic mass is 35.5. The Labute approximate surface area is 174 Å². The summed E-state index contributed by atoms with van der Waals surface area (Å²) in [5.41, 5.74) is 2.43. The van der Waals surface area contributed by atoms with Gasteiger partial charge in [0.05, 0.1) is 22.8 Å². The zero-order valence-electron chi connectivity index (χ0n) is 15.2. The minimum atomic E-state index is -0.679. The molecule has 0 N–H and O–H groups in total. The lowest BCUT2D eigenvalue weighted by Crippen LogP contribution is -2.30. The van der Waals surface area contributed by atoms with Crippen LogP contribution in [0.15, 0.2) is 59.0 Å². The molecular weight excluding hydrogens is 414 g/mol. The number of anilines is 1. The van der Waals surface area contributed by atoms with Gasteiger partial charge in [0.2, 0.25) is 0 Å². The first-order valence-electron chi connectivity index (χ1n) is 8.59. The zero-order valence-corrected chi connectivity index (χ0v) is 16.7. The molecule has 0 fully saturated rings. The van der Waals surface area contributed by atoms with Crippen LogP contribution in [0.1, 0.15) is 21.7 Å². The highest BCUT2D eigenvalue weighted by Crippen LogP contribution is 2.35. The maximum absolute atomic E-state index is 13.2. The topological polar surface area (TPSA) is 89.5 Å². The lowest BCUT2D eigenvalue weighted by molar-refractivity contribution is -0.402. The minimum absolute atomic E-state index is 0.123. The van der Waals surface area contributed by atoms with Crippen LogP contribution in [0.5, 0.6) is 0 Å². The van der Waals surface area contributed by atoms with Crippen LogP contribution in [0, 0.1) is 17.0 Å². The third-order valence-corrected chi connectivity index (χ3v) is 5.83. The molecule has 4 rings (SSSR count). The van der Waals surface area contributed by atoms with E-state index in [9.17, 15) is 14.9 Å². The van der Waals surface area contributed by atoms with Gasteiger partial charge in [-0.2, -0.15) is 0 Å². The lowest BCUT2D eigenvalue weighted by Gasteiger charge is -2.18. The number of thiazole rings is 1. The Morgan fingerprint density at radius 2 is 1.97 bits per heavy atom. The second-order valence-electron chi connectivity index (χ2n) is 6.29. The summed E-state index contributed by atoms with van der Waals surface area (Å²) < 4.78 is 6.02. The molecule has 0 saturated heterocycles. The molecule has 0 unspecified atom stereocenters. The number of rotatable bonds is 5. The summed E-state index contributed by atoms with van der Waals surface area (Å²) in [5, 5.41) is 12.0. The molecule has 0 radical (unpaired) electrons. The Bertz CT molecular complexity index is 1220. The molecule has 146 valence electrons. The Hall–Kier alpha value is -3.23. The average molecular weight is 428 g/mol. The van der Waals surface area contributed by atoms with Gasteiger partial charge in [0.1, 0.15) is 4.92 Å². The van der Waals surface area contributed by atoms with E-state index in [1.807, 2.05) is 43.3 Å². The number of aromatic nitrogens is 1. The van der Waals surface area contributed by atoms with Crippen molar-refractivity contribution in [3.8, 4) is 0 Å². The summed E-state index contributed by atoms with van der Waals surface area (Å²) in [6.45, 7) is 2.11. The number of aryl methyl sites for hydroxylation is 1. The Balaban J connectivity index is 1.78. The molecule has 0 bridgehead atoms. The molecule has 0 aliphatic carbocycles. The van der Waals surface area contributed by atoms with E-state index in [0.717, 1.165) is 21.9 Å². The van der Waals surface area contributed by atoms with Gasteiger partial charge < -0.3 is 4.42 Å². The van der Waals surface area contributed by atoms with Crippen molar-refractivity contribution in [1.82, 2.24) is 4.98 Å². The molecule has 2 aromatic heterocycles. The first-order valence-corrected chi connectivity index (χ1v) is 9.79. The summed E-state index contributed by atoms with van der Waals surface area (Å²) >= 11 is 7.55. The largest absolute Gasteiger partial charge is 0.433 e. The fourth-order valence-corrected chi connectivity index (χ4v) is 4.05. The standard InChI is InChI=1S/C20H14ClN3O4S/c1-12-14(21)7-9-16-18(12)22-20(29-16)23(11-13-5-3-2-4-6-13)19(25)15-8-10-17(28-15)24(26)27/h2-10H,11H2,1H3. The molecule has 0 saturated carbocycles. The van der Waals surface area contributed by atoms with Crippen LogP contribution in [-0.2, 0) is 6.54 Å². The third-order valence-electron chi connectivity index (χ3n) is 4.38. The highest BCUT2D eigenvalue weighted by molar-refractivity contribution is 7.22. The number of hydrogen-bond acceptors (Lipinski definition) is 6. The first-order chi connectivity index (χ1) is 13.9. The number of nitro groups is 1. The van der Waals surface area contributed by atoms with Crippen molar-refractivity contribution in [2.45, 2.75) is 13.5 Å². The molecular formula is C20H14ClN3O4S. The van der Waals surface area contributed by atoms with E-state index in [2.05, 4.69) is 4.98 Å². The summed E-state index contributed by atoms with van der Waals surface area (Å²) in [4.78, 5) is 29.5. The molecule has 0 aliphatic heterocycles. The van der Waals surface area contributed by atoms with E-state index in [0.29, 0.717) is 15.7 Å². The van der Waals surface area contributed by atoms with Crippen LogP contribution >= 0.6 is 22.9 Å². The predicted molar refractivity (Wildman–Crippen MR) is 112 cm³/mol. The number of halogens is 1. The molecule has 4 aromatic rings. The van der Waals surface area contributed by atoms with E-state index in [-0.39, 0.29) is 12.3 Å². The van der Waals surface area contributed by atoms with E-state index < -0.39 is 16.7 Å². The minimum Gasteiger partial charge on any atom is -0.395 e. The van der Waals surface area contributed by atoms with Gasteiger partial charge in [-0.05, 0) is 36.2 Å². The summed E-state index contributed by atoms with van der Waals surface area (Å²) in [6.07, 6.45) is 0. The van der Waals surface area contributed by atoms with E-state index >= 15 is 0 Å². The average Bonchev–Trinajstić information content (AvgIpc) is 3.37. The van der Waals surface area contributed by atoms with Crippen molar-refractivity contribution in [3.05, 3.63) is 86.6 Å². The van der Waals surface area contributed by atoms with Gasteiger partial charge in [0, 0.05) is 5.02 Å². The molecule has 2 aromatic carbocycles. The molecule has 29 heavy (non-hydrogen) atoms. The number of furan rings is 1. The molecule has 0 atom stereocenters. The number of nitrogens with zero attached hydrogens (tertiary/aromatic N) is 3. The number of benzene rings is 2. The fourth-order valence-electron chi connectivity index (χ4n) is 2.87. The number of carbonyl (C=O) groups excluding carboxylic acids is 1. The van der Waals surface area contributed by atoms with Gasteiger partial charge in [-0.15, -0.1) is 0 Å². The van der Waals surface area contributed by atoms with Gasteiger partial charge in [-0.1, -0.05) is 53.3 Å². The predicted octanol–water partition coefficient (Wildman–Crippen LogP) is 5.61. The maximum Gasteiger partial charge on any atom is 0.433 e. The molecule has 0 aliphatic rings. The van der Waals surface area contributed by atoms with Crippen molar-refractivity contribution in [2.75, 3.05) is 4.90 Å². The van der Waals surface area contributed by atoms with Crippen LogP contribution in [0.3, 0.4) is 0 Å². The monoisotopic (exact) mass is 427 g/mol. The van der Waals surface area contributed by atoms with Crippen molar-refractivity contribution >= 4 is 50.1 Å². The second kappa shape index (κ2) is 7.65. The normalized spacial score (nSPS) is 11.0. The van der Waals surface area contributed by atoms with E-state index in [1.54, 1.807) is 6.07 Å². The fraction of sp³-hybridized carbons (Fsp3) is 0.100. The zero-order chi connectivity index (χ0) is 20.5. The summed E-state index contributed by atoms with van der Waals surface area (Å²) in [6, 6.07) is 15.5. The van der Waals surface area contributed by atoms with E-state index in [1.165, 1.54) is 22.3 Å². The van der Waals surface area contributed by atoms with Gasteiger partial charge in [-0.3, -0.25) is 19.8 Å². The van der Waals surface area contributed by atoms with Gasteiger partial charge in [0.15, 0.2) is 10.9 Å². The van der Waals surface area contributed by atoms with Crippen LogP contribution < -0.4 is 4.90 Å². The Kier molecular flexibility index (Phi) is 5.04. The Morgan fingerprint density at radius 1 is 1.21 bits per heavy atom. The summed E-state index contributed by atoms with van der Waals surface area (Å²) in [5.74, 6) is -1.12. The quantitative estimate of drug-likeness (QED) is 0.305. The van der Waals surface area contributed by atoms with Crippen molar-refractivity contribution in [1.29, 1.82) is 0 Å². The number of carbonyl (C=O) groups is 1. The molecule has 9 heteroatoms. The second-order valence-corrected chi connectivity index (χ2v) is 7.70. The number of hydrogen-bond donors (Lipinski definition) is 0. The smallest absolute Gasteiger partial charge is 0.395 e. The van der Waals surface area contributed by atoms with Crippen molar-refractivity contribution in [2.24, 2.45) is 0 Å². The number of amides is 1. The molecule has 0 spiro atoms. The van der Waals surface area contributed by atoms with E-state index in [4.69, 9.17) is 16.0 Å². The van der Waals surface area contributed by atoms with Gasteiger partial charge in [-0.25, -0.2) is 4.98 Å². The van der Waals surface area contributed by atoms with Crippen LogP contribution in [0.4, 0.5) is 11.0 Å². The first kappa shape index (κ1) is 19.1. The van der Waals surface area contributed by atoms with Crippen LogP contribution in [0.25, 0.3) is 10.2 Å². The Morgan fingerprint density at radius 3 is 2.66 bits per heavy atom.